The second-order valence-corrected chi connectivity index (χ2v) is 11.8. The third-order valence-electron chi connectivity index (χ3n) is 6.20. The minimum Gasteiger partial charge on any atom is -0.454 e. The van der Waals surface area contributed by atoms with Crippen molar-refractivity contribution in [1.29, 1.82) is 0 Å². The zero-order chi connectivity index (χ0) is 24.7. The highest BCUT2D eigenvalue weighted by molar-refractivity contribution is 7.89. The Labute approximate surface area is 208 Å². The summed E-state index contributed by atoms with van der Waals surface area (Å²) < 4.78 is 39.2. The first-order chi connectivity index (χ1) is 16.7. The highest BCUT2D eigenvalue weighted by Gasteiger charge is 2.34. The molecule has 1 amide bonds. The molecule has 0 spiro atoms. The van der Waals surface area contributed by atoms with Crippen molar-refractivity contribution in [2.24, 2.45) is 0 Å². The lowest BCUT2D eigenvalue weighted by atomic mass is 10.0. The van der Waals surface area contributed by atoms with E-state index in [2.05, 4.69) is 15.5 Å². The Hall–Kier alpha value is -3.02. The van der Waals surface area contributed by atoms with Crippen LogP contribution in [0.4, 0.5) is 5.69 Å². The Bertz CT molecular complexity index is 1380. The van der Waals surface area contributed by atoms with E-state index in [-0.39, 0.29) is 23.6 Å². The third kappa shape index (κ3) is 4.63. The molecule has 1 N–H and O–H groups in total. The maximum Gasteiger partial charge on any atom is 0.286 e. The fourth-order valence-electron chi connectivity index (χ4n) is 4.72. The molecule has 1 fully saturated rings. The Balaban J connectivity index is 1.31. The van der Waals surface area contributed by atoms with Crippen LogP contribution in [-0.4, -0.2) is 48.7 Å². The molecule has 11 heteroatoms. The van der Waals surface area contributed by atoms with E-state index in [4.69, 9.17) is 9.47 Å². The van der Waals surface area contributed by atoms with Gasteiger partial charge in [-0.1, -0.05) is 29.0 Å². The van der Waals surface area contributed by atoms with Gasteiger partial charge < -0.3 is 14.8 Å². The summed E-state index contributed by atoms with van der Waals surface area (Å²) >= 11 is 1.20. The lowest BCUT2D eigenvalue weighted by Gasteiger charge is -2.31. The van der Waals surface area contributed by atoms with Crippen molar-refractivity contribution in [3.63, 3.8) is 0 Å². The number of sulfonamides is 1. The van der Waals surface area contributed by atoms with Crippen LogP contribution in [-0.2, 0) is 10.0 Å². The van der Waals surface area contributed by atoms with Gasteiger partial charge >= 0.3 is 0 Å². The number of ether oxygens (including phenoxy) is 2. The van der Waals surface area contributed by atoms with Gasteiger partial charge in [-0.3, -0.25) is 4.79 Å². The highest BCUT2D eigenvalue weighted by Crippen LogP contribution is 2.36. The average molecular weight is 515 g/mol. The predicted octanol–water partition coefficient (Wildman–Crippen LogP) is 4.01. The van der Waals surface area contributed by atoms with E-state index in [9.17, 15) is 13.2 Å². The van der Waals surface area contributed by atoms with Gasteiger partial charge in [0.05, 0.1) is 4.90 Å². The highest BCUT2D eigenvalue weighted by atomic mass is 32.2. The molecule has 0 unspecified atom stereocenters. The lowest BCUT2D eigenvalue weighted by Crippen LogP contribution is -2.39. The van der Waals surface area contributed by atoms with Crippen LogP contribution in [0.25, 0.3) is 0 Å². The normalized spacial score (nSPS) is 18.0. The van der Waals surface area contributed by atoms with Crippen LogP contribution >= 0.6 is 11.3 Å². The Kier molecular flexibility index (Phi) is 6.24. The molecule has 1 saturated heterocycles. The van der Waals surface area contributed by atoms with E-state index < -0.39 is 10.0 Å². The maximum atomic E-state index is 13.5. The second kappa shape index (κ2) is 9.21. The first-order valence-electron chi connectivity index (χ1n) is 11.3. The molecule has 35 heavy (non-hydrogen) atoms. The molecule has 0 bridgehead atoms. The van der Waals surface area contributed by atoms with E-state index in [0.29, 0.717) is 46.6 Å². The van der Waals surface area contributed by atoms with E-state index in [1.165, 1.54) is 11.3 Å². The molecule has 1 atom stereocenters. The Morgan fingerprint density at radius 1 is 1.09 bits per heavy atom. The molecule has 5 rings (SSSR count). The monoisotopic (exact) mass is 514 g/mol. The van der Waals surface area contributed by atoms with Crippen molar-refractivity contribution < 1.29 is 22.7 Å². The number of piperidine rings is 1. The van der Waals surface area contributed by atoms with Crippen molar-refractivity contribution in [3.05, 3.63) is 57.0 Å². The minimum atomic E-state index is -3.65. The lowest BCUT2D eigenvalue weighted by molar-refractivity contribution is 0.102. The number of nitrogens with zero attached hydrogens (tertiary/aromatic N) is 3. The molecule has 2 aromatic carbocycles. The number of carbonyl (C=O) groups is 1. The fourth-order valence-corrected chi connectivity index (χ4v) is 7.51. The average Bonchev–Trinajstić information content (AvgIpc) is 3.48. The van der Waals surface area contributed by atoms with Crippen LogP contribution in [0.3, 0.4) is 0 Å². The van der Waals surface area contributed by atoms with Crippen molar-refractivity contribution in [3.8, 4) is 11.5 Å². The van der Waals surface area contributed by atoms with Crippen LogP contribution < -0.4 is 14.8 Å². The van der Waals surface area contributed by atoms with Crippen LogP contribution in [0.5, 0.6) is 11.5 Å². The zero-order valence-corrected chi connectivity index (χ0v) is 21.3. The number of nitrogens with one attached hydrogen (secondary N) is 1. The van der Waals surface area contributed by atoms with Gasteiger partial charge in [0.2, 0.25) is 21.8 Å². The van der Waals surface area contributed by atoms with Gasteiger partial charge in [0.15, 0.2) is 11.5 Å². The molecule has 3 aromatic rings. The molecule has 0 aliphatic carbocycles. The number of aromatic nitrogens is 2. The molecule has 1 aromatic heterocycles. The number of hydrogen-bond donors (Lipinski definition) is 1. The summed E-state index contributed by atoms with van der Waals surface area (Å²) in [6.45, 7) is 6.57. The van der Waals surface area contributed by atoms with Crippen molar-refractivity contribution >= 4 is 33.0 Å². The molecule has 184 valence electrons. The van der Waals surface area contributed by atoms with Crippen LogP contribution in [0.15, 0.2) is 35.2 Å². The number of carbonyl (C=O) groups excluding carboxylic acids is 1. The number of aryl methyl sites for hydroxylation is 3. The predicted molar refractivity (Wildman–Crippen MR) is 132 cm³/mol. The quantitative estimate of drug-likeness (QED) is 0.548. The molecule has 0 radical (unpaired) electrons. The maximum absolute atomic E-state index is 13.5. The standard InChI is InChI=1S/C24H26N4O5S2/c1-14-9-15(2)21(16(3)10-14)35(30,31)28-8-4-5-17(12-28)23-26-27-24(34-23)22(29)25-18-6-7-19-20(11-18)33-13-32-19/h6-7,9-11,17H,4-5,8,12-13H2,1-3H3,(H,25,29)/t17-/m0/s1. The first kappa shape index (κ1) is 23.7. The van der Waals surface area contributed by atoms with Gasteiger partial charge in [-0.15, -0.1) is 10.2 Å². The van der Waals surface area contributed by atoms with E-state index in [1.807, 2.05) is 32.9 Å². The summed E-state index contributed by atoms with van der Waals surface area (Å²) in [7, 11) is -3.65. The number of rotatable bonds is 5. The van der Waals surface area contributed by atoms with E-state index in [0.717, 1.165) is 23.1 Å². The van der Waals surface area contributed by atoms with Crippen molar-refractivity contribution in [2.75, 3.05) is 25.2 Å². The van der Waals surface area contributed by atoms with Crippen molar-refractivity contribution in [2.45, 2.75) is 44.4 Å². The number of amides is 1. The number of hydrogen-bond acceptors (Lipinski definition) is 8. The summed E-state index contributed by atoms with van der Waals surface area (Å²) in [6, 6.07) is 8.96. The smallest absolute Gasteiger partial charge is 0.286 e. The van der Waals surface area contributed by atoms with Gasteiger partial charge in [0, 0.05) is 30.8 Å². The topological polar surface area (TPSA) is 111 Å². The summed E-state index contributed by atoms with van der Waals surface area (Å²) in [4.78, 5) is 13.1. The molecule has 3 heterocycles. The second-order valence-electron chi connectivity index (χ2n) is 8.90. The summed E-state index contributed by atoms with van der Waals surface area (Å²) in [5.74, 6) is 0.713. The first-order valence-corrected chi connectivity index (χ1v) is 13.6. The molecule has 2 aliphatic rings. The zero-order valence-electron chi connectivity index (χ0n) is 19.7. The fraction of sp³-hybridized carbons (Fsp3) is 0.375. The van der Waals surface area contributed by atoms with Crippen LogP contribution in [0, 0.1) is 20.8 Å². The molecule has 0 saturated carbocycles. The summed E-state index contributed by atoms with van der Waals surface area (Å²) in [6.07, 6.45) is 1.50. The summed E-state index contributed by atoms with van der Waals surface area (Å²) in [5, 5.41) is 12.0. The minimum absolute atomic E-state index is 0.117. The van der Waals surface area contributed by atoms with Gasteiger partial charge in [0.25, 0.3) is 5.91 Å². The van der Waals surface area contributed by atoms with Crippen LogP contribution in [0.2, 0.25) is 0 Å². The molecule has 2 aliphatic heterocycles. The van der Waals surface area contributed by atoms with E-state index >= 15 is 0 Å². The third-order valence-corrected chi connectivity index (χ3v) is 9.46. The molecular formula is C24H26N4O5S2. The summed E-state index contributed by atoms with van der Waals surface area (Å²) in [5.41, 5.74) is 3.11. The molecule has 9 nitrogen and oxygen atoms in total. The van der Waals surface area contributed by atoms with Gasteiger partial charge in [-0.05, 0) is 56.9 Å². The number of benzene rings is 2. The Morgan fingerprint density at radius 3 is 2.60 bits per heavy atom. The largest absolute Gasteiger partial charge is 0.454 e. The number of anilines is 1. The Morgan fingerprint density at radius 2 is 1.83 bits per heavy atom. The van der Waals surface area contributed by atoms with Crippen LogP contribution in [0.1, 0.15) is 50.3 Å². The van der Waals surface area contributed by atoms with Gasteiger partial charge in [0.1, 0.15) is 5.01 Å². The van der Waals surface area contributed by atoms with Gasteiger partial charge in [-0.25, -0.2) is 8.42 Å². The number of fused-ring (bicyclic) bond motifs is 1. The van der Waals surface area contributed by atoms with E-state index in [1.54, 1.807) is 22.5 Å². The van der Waals surface area contributed by atoms with Crippen molar-refractivity contribution in [1.82, 2.24) is 14.5 Å². The SMILES string of the molecule is Cc1cc(C)c(S(=O)(=O)N2CCC[C@H](c3nnc(C(=O)Nc4ccc5c(c4)OCO5)s3)C2)c(C)c1. The molecular weight excluding hydrogens is 488 g/mol. The van der Waals surface area contributed by atoms with Gasteiger partial charge in [-0.2, -0.15) is 4.31 Å².